The molecule has 6 heteroatoms. The van der Waals surface area contributed by atoms with Crippen LogP contribution in [-0.2, 0) is 10.0 Å². The van der Waals surface area contributed by atoms with Gasteiger partial charge in [-0.1, -0.05) is 26.0 Å². The minimum absolute atomic E-state index is 0.123. The maximum absolute atomic E-state index is 13.8. The van der Waals surface area contributed by atoms with Crippen molar-refractivity contribution in [2.45, 2.75) is 43.7 Å². The van der Waals surface area contributed by atoms with Gasteiger partial charge in [-0.2, -0.15) is 4.31 Å². The molecule has 0 bridgehead atoms. The van der Waals surface area contributed by atoms with Gasteiger partial charge in [0.2, 0.25) is 10.0 Å². The summed E-state index contributed by atoms with van der Waals surface area (Å²) in [6, 6.07) is 5.57. The van der Waals surface area contributed by atoms with Gasteiger partial charge in [-0.15, -0.1) is 0 Å². The summed E-state index contributed by atoms with van der Waals surface area (Å²) in [6.45, 7) is 4.97. The van der Waals surface area contributed by atoms with E-state index in [0.717, 1.165) is 6.42 Å². The van der Waals surface area contributed by atoms with Gasteiger partial charge in [-0.25, -0.2) is 12.8 Å². The molecule has 4 nitrogen and oxygen atoms in total. The number of halogens is 1. The van der Waals surface area contributed by atoms with E-state index in [4.69, 9.17) is 0 Å². The normalized spacial score (nSPS) is 24.8. The molecule has 1 heterocycles. The van der Waals surface area contributed by atoms with Crippen LogP contribution in [0.1, 0.15) is 26.7 Å². The van der Waals surface area contributed by atoms with E-state index in [1.165, 1.54) is 22.5 Å². The summed E-state index contributed by atoms with van der Waals surface area (Å²) < 4.78 is 40.7. The molecule has 1 aromatic rings. The van der Waals surface area contributed by atoms with Crippen molar-refractivity contribution >= 4 is 10.0 Å². The van der Waals surface area contributed by atoms with E-state index in [0.29, 0.717) is 19.5 Å². The van der Waals surface area contributed by atoms with Gasteiger partial charge in [0.1, 0.15) is 10.7 Å². The van der Waals surface area contributed by atoms with Crippen LogP contribution >= 0.6 is 0 Å². The van der Waals surface area contributed by atoms with E-state index in [1.807, 2.05) is 13.8 Å². The minimum Gasteiger partial charge on any atom is -0.311 e. The summed E-state index contributed by atoms with van der Waals surface area (Å²) in [5.74, 6) is -0.686. The standard InChI is InChI=1S/C14H21FN2O2S/c1-3-11-10-17(12(4-2)9-16-11)20(18,19)14-8-6-5-7-13(14)15/h5-8,11-12,16H,3-4,9-10H2,1-2H3. The molecule has 0 aliphatic carbocycles. The highest BCUT2D eigenvalue weighted by Crippen LogP contribution is 2.24. The number of hydrogen-bond donors (Lipinski definition) is 1. The zero-order chi connectivity index (χ0) is 14.8. The van der Waals surface area contributed by atoms with Crippen molar-refractivity contribution in [1.29, 1.82) is 0 Å². The Morgan fingerprint density at radius 3 is 2.60 bits per heavy atom. The summed E-state index contributed by atoms with van der Waals surface area (Å²) in [6.07, 6.45) is 1.55. The summed E-state index contributed by atoms with van der Waals surface area (Å²) >= 11 is 0. The van der Waals surface area contributed by atoms with E-state index in [-0.39, 0.29) is 17.0 Å². The monoisotopic (exact) mass is 300 g/mol. The average Bonchev–Trinajstić information content (AvgIpc) is 2.46. The summed E-state index contributed by atoms with van der Waals surface area (Å²) in [4.78, 5) is -0.227. The number of nitrogens with one attached hydrogen (secondary N) is 1. The molecule has 1 saturated heterocycles. The van der Waals surface area contributed by atoms with Crippen LogP contribution in [0.4, 0.5) is 4.39 Å². The molecule has 1 fully saturated rings. The Balaban J connectivity index is 2.38. The fourth-order valence-corrected chi connectivity index (χ4v) is 4.34. The van der Waals surface area contributed by atoms with Crippen molar-refractivity contribution in [2.24, 2.45) is 0 Å². The minimum atomic E-state index is -3.78. The Morgan fingerprint density at radius 2 is 2.00 bits per heavy atom. The van der Waals surface area contributed by atoms with E-state index in [2.05, 4.69) is 5.32 Å². The highest BCUT2D eigenvalue weighted by Gasteiger charge is 2.36. The summed E-state index contributed by atoms with van der Waals surface area (Å²) in [7, 11) is -3.78. The van der Waals surface area contributed by atoms with Gasteiger partial charge in [0.25, 0.3) is 0 Å². The second-order valence-corrected chi connectivity index (χ2v) is 6.94. The molecule has 2 unspecified atom stereocenters. The lowest BCUT2D eigenvalue weighted by molar-refractivity contribution is 0.215. The molecule has 1 aliphatic rings. The van der Waals surface area contributed by atoms with Crippen LogP contribution in [-0.4, -0.2) is 37.9 Å². The Labute approximate surface area is 120 Å². The van der Waals surface area contributed by atoms with Gasteiger partial charge in [0.15, 0.2) is 0 Å². The van der Waals surface area contributed by atoms with E-state index in [1.54, 1.807) is 6.07 Å². The van der Waals surface area contributed by atoms with Crippen molar-refractivity contribution in [3.8, 4) is 0 Å². The van der Waals surface area contributed by atoms with Crippen LogP contribution in [0.3, 0.4) is 0 Å². The Kier molecular flexibility index (Phi) is 4.78. The highest BCUT2D eigenvalue weighted by atomic mass is 32.2. The van der Waals surface area contributed by atoms with E-state index >= 15 is 0 Å². The first-order valence-corrected chi connectivity index (χ1v) is 8.44. The van der Waals surface area contributed by atoms with Crippen molar-refractivity contribution in [2.75, 3.05) is 13.1 Å². The molecule has 0 radical (unpaired) electrons. The summed E-state index contributed by atoms with van der Waals surface area (Å²) in [5, 5.41) is 3.34. The molecular formula is C14H21FN2O2S. The molecule has 1 N–H and O–H groups in total. The van der Waals surface area contributed by atoms with Crippen LogP contribution in [0.25, 0.3) is 0 Å². The van der Waals surface area contributed by atoms with Crippen LogP contribution < -0.4 is 5.32 Å². The third kappa shape index (κ3) is 2.87. The lowest BCUT2D eigenvalue weighted by Crippen LogP contribution is -2.57. The largest absolute Gasteiger partial charge is 0.311 e. The highest BCUT2D eigenvalue weighted by molar-refractivity contribution is 7.89. The predicted octanol–water partition coefficient (Wildman–Crippen LogP) is 1.98. The number of hydrogen-bond acceptors (Lipinski definition) is 3. The fourth-order valence-electron chi connectivity index (χ4n) is 2.53. The van der Waals surface area contributed by atoms with Crippen LogP contribution in [0.15, 0.2) is 29.2 Å². The third-order valence-electron chi connectivity index (χ3n) is 3.84. The lowest BCUT2D eigenvalue weighted by atomic mass is 10.1. The maximum atomic E-state index is 13.8. The molecule has 0 saturated carbocycles. The van der Waals surface area contributed by atoms with Gasteiger partial charge < -0.3 is 5.32 Å². The SMILES string of the molecule is CCC1CN(S(=O)(=O)c2ccccc2F)C(CC)CN1. The molecule has 0 spiro atoms. The third-order valence-corrected chi connectivity index (χ3v) is 5.79. The lowest BCUT2D eigenvalue weighted by Gasteiger charge is -2.38. The zero-order valence-corrected chi connectivity index (χ0v) is 12.7. The van der Waals surface area contributed by atoms with Gasteiger partial charge in [0.05, 0.1) is 0 Å². The van der Waals surface area contributed by atoms with Crippen LogP contribution in [0.2, 0.25) is 0 Å². The number of benzene rings is 1. The topological polar surface area (TPSA) is 49.4 Å². The second kappa shape index (κ2) is 6.20. The van der Waals surface area contributed by atoms with Crippen LogP contribution in [0.5, 0.6) is 0 Å². The number of sulfonamides is 1. The quantitative estimate of drug-likeness (QED) is 0.925. The molecule has 1 aliphatic heterocycles. The first-order chi connectivity index (χ1) is 9.50. The van der Waals surface area contributed by atoms with Crippen molar-refractivity contribution in [3.63, 3.8) is 0 Å². The van der Waals surface area contributed by atoms with Gasteiger partial charge in [0, 0.05) is 25.2 Å². The van der Waals surface area contributed by atoms with Gasteiger partial charge >= 0.3 is 0 Å². The molecule has 0 aromatic heterocycles. The fraction of sp³-hybridized carbons (Fsp3) is 0.571. The van der Waals surface area contributed by atoms with E-state index < -0.39 is 15.8 Å². The molecular weight excluding hydrogens is 279 g/mol. The second-order valence-electron chi connectivity index (χ2n) is 5.08. The van der Waals surface area contributed by atoms with Gasteiger partial charge in [-0.3, -0.25) is 0 Å². The van der Waals surface area contributed by atoms with Gasteiger partial charge in [-0.05, 0) is 25.0 Å². The number of piperazine rings is 1. The molecule has 0 amide bonds. The zero-order valence-electron chi connectivity index (χ0n) is 11.8. The molecule has 112 valence electrons. The average molecular weight is 300 g/mol. The smallest absolute Gasteiger partial charge is 0.246 e. The maximum Gasteiger partial charge on any atom is 0.246 e. The summed E-state index contributed by atoms with van der Waals surface area (Å²) in [5.41, 5.74) is 0. The van der Waals surface area contributed by atoms with Crippen molar-refractivity contribution in [1.82, 2.24) is 9.62 Å². The van der Waals surface area contributed by atoms with Crippen molar-refractivity contribution in [3.05, 3.63) is 30.1 Å². The molecule has 20 heavy (non-hydrogen) atoms. The number of rotatable bonds is 4. The Morgan fingerprint density at radius 1 is 1.30 bits per heavy atom. The first kappa shape index (κ1) is 15.4. The Bertz CT molecular complexity index is 562. The molecule has 1 aromatic carbocycles. The predicted molar refractivity (Wildman–Crippen MR) is 76.5 cm³/mol. The number of nitrogens with zero attached hydrogens (tertiary/aromatic N) is 1. The first-order valence-electron chi connectivity index (χ1n) is 7.00. The Hall–Kier alpha value is -0.980. The van der Waals surface area contributed by atoms with Crippen molar-refractivity contribution < 1.29 is 12.8 Å². The van der Waals surface area contributed by atoms with Crippen LogP contribution in [0, 0.1) is 5.82 Å². The van der Waals surface area contributed by atoms with E-state index in [9.17, 15) is 12.8 Å². The molecule has 2 rings (SSSR count). The molecule has 2 atom stereocenters.